The van der Waals surface area contributed by atoms with Crippen LogP contribution >= 0.6 is 0 Å². The molecule has 0 atom stereocenters. The number of aromatic nitrogens is 3. The van der Waals surface area contributed by atoms with Crippen molar-refractivity contribution >= 4 is 0 Å². The van der Waals surface area contributed by atoms with Crippen LogP contribution < -0.4 is 0 Å². The smallest absolute Gasteiger partial charge is 0.164 e. The zero-order chi connectivity index (χ0) is 39.9. The van der Waals surface area contributed by atoms with Gasteiger partial charge in [0.05, 0.1) is 0 Å². The quantitative estimate of drug-likeness (QED) is 0.162. The zero-order valence-corrected chi connectivity index (χ0v) is 33.4. The average Bonchev–Trinajstić information content (AvgIpc) is 3.60. The summed E-state index contributed by atoms with van der Waals surface area (Å²) in [6.45, 7) is 0. The summed E-state index contributed by atoms with van der Waals surface area (Å²) in [4.78, 5) is 15.1. The normalized spacial score (nSPS) is 13.8. The number of nitrogens with zero attached hydrogens (tertiary/aromatic N) is 3. The lowest BCUT2D eigenvalue weighted by Crippen LogP contribution is -2.27. The van der Waals surface area contributed by atoms with Gasteiger partial charge in [-0.05, 0) is 104 Å². The Bertz CT molecular complexity index is 3000. The number of rotatable bonds is 7. The van der Waals surface area contributed by atoms with Crippen molar-refractivity contribution in [2.45, 2.75) is 37.5 Å². The van der Waals surface area contributed by atoms with E-state index >= 15 is 0 Å². The molecule has 1 heterocycles. The molecule has 8 aromatic carbocycles. The predicted molar refractivity (Wildman–Crippen MR) is 247 cm³/mol. The number of benzene rings is 8. The monoisotopic (exact) mass is 769 g/mol. The first-order valence-electron chi connectivity index (χ1n) is 21.2. The van der Waals surface area contributed by atoms with Crippen molar-refractivity contribution in [3.8, 4) is 89.8 Å². The van der Waals surface area contributed by atoms with Crippen LogP contribution in [0.25, 0.3) is 89.8 Å². The van der Waals surface area contributed by atoms with Crippen LogP contribution in [0, 0.1) is 0 Å². The van der Waals surface area contributed by atoms with E-state index in [0.29, 0.717) is 17.5 Å². The van der Waals surface area contributed by atoms with E-state index in [1.54, 1.807) is 0 Å². The van der Waals surface area contributed by atoms with Gasteiger partial charge in [0.25, 0.3) is 0 Å². The molecule has 0 saturated heterocycles. The second-order valence-corrected chi connectivity index (χ2v) is 16.3. The third kappa shape index (κ3) is 6.53. The molecule has 2 aliphatic rings. The fourth-order valence-electron chi connectivity index (χ4n) is 9.73. The van der Waals surface area contributed by atoms with E-state index in [1.165, 1.54) is 82.2 Å². The first-order valence-corrected chi connectivity index (χ1v) is 21.2. The molecule has 9 aromatic rings. The maximum Gasteiger partial charge on any atom is 0.164 e. The molecule has 1 fully saturated rings. The molecule has 0 amide bonds. The highest BCUT2D eigenvalue weighted by Crippen LogP contribution is 2.56. The van der Waals surface area contributed by atoms with E-state index in [9.17, 15) is 0 Å². The van der Waals surface area contributed by atoms with Gasteiger partial charge < -0.3 is 0 Å². The highest BCUT2D eigenvalue weighted by molar-refractivity contribution is 5.86. The molecule has 1 aromatic heterocycles. The van der Waals surface area contributed by atoms with E-state index < -0.39 is 0 Å². The minimum Gasteiger partial charge on any atom is -0.208 e. The topological polar surface area (TPSA) is 38.7 Å². The minimum absolute atomic E-state index is 0.174. The second kappa shape index (κ2) is 15.2. The van der Waals surface area contributed by atoms with Crippen LogP contribution in [0.1, 0.15) is 43.2 Å². The summed E-state index contributed by atoms with van der Waals surface area (Å²) < 4.78 is 0. The van der Waals surface area contributed by atoms with Crippen molar-refractivity contribution in [3.05, 3.63) is 211 Å². The Morgan fingerprint density at radius 1 is 0.267 bits per heavy atom. The summed E-state index contributed by atoms with van der Waals surface area (Å²) in [5.41, 5.74) is 18.4. The zero-order valence-electron chi connectivity index (χ0n) is 33.4. The number of hydrogen-bond acceptors (Lipinski definition) is 3. The molecule has 11 rings (SSSR count). The van der Waals surface area contributed by atoms with Gasteiger partial charge in [0, 0.05) is 22.1 Å². The molecule has 0 unspecified atom stereocenters. The average molecular weight is 770 g/mol. The molecule has 1 spiro atoms. The third-order valence-corrected chi connectivity index (χ3v) is 12.7. The summed E-state index contributed by atoms with van der Waals surface area (Å²) in [7, 11) is 0. The number of hydrogen-bond donors (Lipinski definition) is 0. The Labute approximate surface area is 352 Å². The standard InChI is InChI=1S/C57H43N3/c1-4-15-39(16-5-1)40-27-29-42(30-28-40)55-58-54(41-17-6-2-7-18-41)59-56(60-55)49-24-14-23-47(37-49)45-21-12-19-43(35-45)44-20-13-22-46(36-44)48-31-32-53-51(38-48)50-25-8-9-26-52(50)57(53)33-10-3-11-34-57/h1-2,4-9,12-32,35-38H,3,10-11,33-34H2. The molecule has 2 aliphatic carbocycles. The summed E-state index contributed by atoms with van der Waals surface area (Å²) in [6, 6.07) is 71.9. The van der Waals surface area contributed by atoms with Gasteiger partial charge >= 0.3 is 0 Å². The van der Waals surface area contributed by atoms with E-state index in [0.717, 1.165) is 33.4 Å². The Kier molecular flexibility index (Phi) is 9.08. The van der Waals surface area contributed by atoms with Gasteiger partial charge in [0.2, 0.25) is 0 Å². The highest BCUT2D eigenvalue weighted by atomic mass is 15.0. The van der Waals surface area contributed by atoms with Gasteiger partial charge in [0.1, 0.15) is 0 Å². The van der Waals surface area contributed by atoms with Gasteiger partial charge in [-0.1, -0.05) is 195 Å². The van der Waals surface area contributed by atoms with Crippen LogP contribution in [0.4, 0.5) is 0 Å². The molecule has 286 valence electrons. The molecular formula is C57H43N3. The van der Waals surface area contributed by atoms with E-state index in [1.807, 2.05) is 36.4 Å². The van der Waals surface area contributed by atoms with E-state index in [2.05, 4.69) is 164 Å². The predicted octanol–water partition coefficient (Wildman–Crippen LogP) is 14.8. The highest BCUT2D eigenvalue weighted by Gasteiger charge is 2.43. The molecule has 3 heteroatoms. The van der Waals surface area contributed by atoms with Crippen molar-refractivity contribution < 1.29 is 0 Å². The lowest BCUT2D eigenvalue weighted by molar-refractivity contribution is 0.353. The van der Waals surface area contributed by atoms with Crippen LogP contribution in [0.2, 0.25) is 0 Å². The van der Waals surface area contributed by atoms with Gasteiger partial charge in [-0.25, -0.2) is 15.0 Å². The van der Waals surface area contributed by atoms with Crippen LogP contribution in [-0.2, 0) is 5.41 Å². The van der Waals surface area contributed by atoms with E-state index in [4.69, 9.17) is 15.0 Å². The molecule has 0 radical (unpaired) electrons. The maximum absolute atomic E-state index is 5.08. The van der Waals surface area contributed by atoms with Gasteiger partial charge in [0.15, 0.2) is 17.5 Å². The van der Waals surface area contributed by atoms with Gasteiger partial charge in [-0.2, -0.15) is 0 Å². The van der Waals surface area contributed by atoms with Gasteiger partial charge in [-0.3, -0.25) is 0 Å². The first kappa shape index (κ1) is 35.9. The van der Waals surface area contributed by atoms with Crippen molar-refractivity contribution in [2.75, 3.05) is 0 Å². The fourth-order valence-corrected chi connectivity index (χ4v) is 9.73. The Morgan fingerprint density at radius 3 is 1.25 bits per heavy atom. The lowest BCUT2D eigenvalue weighted by atomic mass is 9.68. The maximum atomic E-state index is 5.08. The molecule has 0 aliphatic heterocycles. The second-order valence-electron chi connectivity index (χ2n) is 16.3. The van der Waals surface area contributed by atoms with Crippen molar-refractivity contribution in [2.24, 2.45) is 0 Å². The van der Waals surface area contributed by atoms with Crippen LogP contribution in [0.5, 0.6) is 0 Å². The minimum atomic E-state index is 0.174. The number of fused-ring (bicyclic) bond motifs is 5. The molecule has 1 saturated carbocycles. The molecule has 60 heavy (non-hydrogen) atoms. The summed E-state index contributed by atoms with van der Waals surface area (Å²) >= 11 is 0. The Morgan fingerprint density at radius 2 is 0.650 bits per heavy atom. The molecule has 3 nitrogen and oxygen atoms in total. The van der Waals surface area contributed by atoms with Gasteiger partial charge in [-0.15, -0.1) is 0 Å². The molecular weight excluding hydrogens is 727 g/mol. The van der Waals surface area contributed by atoms with Crippen LogP contribution in [-0.4, -0.2) is 15.0 Å². The molecule has 0 bridgehead atoms. The molecule has 0 N–H and O–H groups in total. The van der Waals surface area contributed by atoms with Crippen molar-refractivity contribution in [1.29, 1.82) is 0 Å². The van der Waals surface area contributed by atoms with E-state index in [-0.39, 0.29) is 5.41 Å². The third-order valence-electron chi connectivity index (χ3n) is 12.7. The summed E-state index contributed by atoms with van der Waals surface area (Å²) in [5, 5.41) is 0. The Hall–Kier alpha value is -7.23. The van der Waals surface area contributed by atoms with Crippen molar-refractivity contribution in [3.63, 3.8) is 0 Å². The largest absolute Gasteiger partial charge is 0.208 e. The lowest BCUT2D eigenvalue weighted by Gasteiger charge is -2.36. The Balaban J connectivity index is 0.921. The van der Waals surface area contributed by atoms with Crippen LogP contribution in [0.3, 0.4) is 0 Å². The SMILES string of the molecule is c1ccc(-c2ccc(-c3nc(-c4ccccc4)nc(-c4cccc(-c5cccc(-c6cccc(-c7ccc8c(c7)-c7ccccc7C87CCCCC7)c6)c5)c4)n3)cc2)cc1. The summed E-state index contributed by atoms with van der Waals surface area (Å²) in [5.74, 6) is 1.94. The first-order chi connectivity index (χ1) is 29.7. The fraction of sp³-hybridized carbons (Fsp3) is 0.105. The van der Waals surface area contributed by atoms with Crippen LogP contribution in [0.15, 0.2) is 200 Å². The van der Waals surface area contributed by atoms with Crippen molar-refractivity contribution in [1.82, 2.24) is 15.0 Å². The summed E-state index contributed by atoms with van der Waals surface area (Å²) in [6.07, 6.45) is 6.46.